The van der Waals surface area contributed by atoms with Crippen molar-refractivity contribution in [3.05, 3.63) is 12.2 Å². The molecular weight excluding hydrogens is 114 g/mol. The molecule has 0 saturated heterocycles. The summed E-state index contributed by atoms with van der Waals surface area (Å²) in [5, 5.41) is 4.12. The number of nitrogens with zero attached hydrogens (tertiary/aromatic N) is 3. The van der Waals surface area contributed by atoms with Crippen molar-refractivity contribution in [1.82, 2.24) is 14.8 Å². The van der Waals surface area contributed by atoms with E-state index in [9.17, 15) is 0 Å². The zero-order chi connectivity index (χ0) is 6.85. The van der Waals surface area contributed by atoms with E-state index in [2.05, 4.69) is 23.9 Å². The van der Waals surface area contributed by atoms with Crippen LogP contribution in [0.15, 0.2) is 6.33 Å². The Labute approximate surface area is 54.7 Å². The monoisotopic (exact) mass is 125 g/mol. The van der Waals surface area contributed by atoms with E-state index in [0.29, 0.717) is 5.92 Å². The van der Waals surface area contributed by atoms with E-state index in [-0.39, 0.29) is 0 Å². The Bertz CT molecular complexity index is 190. The number of hydrogen-bond acceptors (Lipinski definition) is 2. The van der Waals surface area contributed by atoms with Crippen LogP contribution in [0.5, 0.6) is 0 Å². The first kappa shape index (κ1) is 6.26. The highest BCUT2D eigenvalue weighted by atomic mass is 15.3. The van der Waals surface area contributed by atoms with Gasteiger partial charge in [0.05, 0.1) is 0 Å². The second-order valence-corrected chi connectivity index (χ2v) is 2.43. The van der Waals surface area contributed by atoms with Crippen LogP contribution in [-0.2, 0) is 7.05 Å². The van der Waals surface area contributed by atoms with Crippen molar-refractivity contribution < 1.29 is 0 Å². The fraction of sp³-hybridized carbons (Fsp3) is 0.667. The molecule has 50 valence electrons. The largest absolute Gasteiger partial charge is 0.256 e. The van der Waals surface area contributed by atoms with E-state index in [1.165, 1.54) is 0 Å². The Morgan fingerprint density at radius 2 is 2.22 bits per heavy atom. The zero-order valence-corrected chi connectivity index (χ0v) is 6.00. The minimum atomic E-state index is 0.436. The summed E-state index contributed by atoms with van der Waals surface area (Å²) >= 11 is 0. The zero-order valence-electron chi connectivity index (χ0n) is 6.00. The van der Waals surface area contributed by atoms with E-state index in [0.717, 1.165) is 5.82 Å². The van der Waals surface area contributed by atoms with Gasteiger partial charge >= 0.3 is 0 Å². The summed E-state index contributed by atoms with van der Waals surface area (Å²) in [5.74, 6) is 1.35. The van der Waals surface area contributed by atoms with Gasteiger partial charge in [0.2, 0.25) is 0 Å². The van der Waals surface area contributed by atoms with Crippen LogP contribution in [0.3, 0.4) is 0 Å². The molecular formula is C6H11N3. The molecule has 0 N–H and O–H groups in total. The van der Waals surface area contributed by atoms with E-state index in [4.69, 9.17) is 0 Å². The topological polar surface area (TPSA) is 30.7 Å². The summed E-state index contributed by atoms with van der Waals surface area (Å²) in [6.45, 7) is 4.16. The van der Waals surface area contributed by atoms with Crippen LogP contribution in [0.1, 0.15) is 25.6 Å². The fourth-order valence-corrected chi connectivity index (χ4v) is 0.620. The van der Waals surface area contributed by atoms with Crippen LogP contribution < -0.4 is 0 Å². The molecule has 1 aromatic heterocycles. The molecule has 1 heterocycles. The summed E-state index contributed by atoms with van der Waals surface area (Å²) in [6.07, 6.45) is 1.72. The molecule has 1 rings (SSSR count). The number of aryl methyl sites for hydroxylation is 1. The Morgan fingerprint density at radius 3 is 2.44 bits per heavy atom. The molecule has 0 amide bonds. The lowest BCUT2D eigenvalue weighted by Crippen LogP contribution is -1.93. The van der Waals surface area contributed by atoms with Crippen LogP contribution >= 0.6 is 0 Å². The van der Waals surface area contributed by atoms with Crippen molar-refractivity contribution >= 4 is 0 Å². The fourth-order valence-electron chi connectivity index (χ4n) is 0.620. The van der Waals surface area contributed by atoms with Crippen LogP contribution in [0.25, 0.3) is 0 Å². The molecule has 0 aromatic carbocycles. The minimum absolute atomic E-state index is 0.436. The molecule has 0 bridgehead atoms. The van der Waals surface area contributed by atoms with Gasteiger partial charge in [-0.15, -0.1) is 0 Å². The van der Waals surface area contributed by atoms with Gasteiger partial charge in [0.1, 0.15) is 6.33 Å². The average molecular weight is 125 g/mol. The molecule has 0 atom stereocenters. The summed E-state index contributed by atoms with van der Waals surface area (Å²) in [7, 11) is 1.87. The third kappa shape index (κ3) is 1.28. The third-order valence-electron chi connectivity index (χ3n) is 1.13. The summed E-state index contributed by atoms with van der Waals surface area (Å²) in [5.41, 5.74) is 0. The first-order valence-electron chi connectivity index (χ1n) is 3.05. The standard InChI is InChI=1S/C6H11N3/c1-5(2)6-7-4-9(3)8-6/h4-5H,1-3H3. The minimum Gasteiger partial charge on any atom is -0.256 e. The second kappa shape index (κ2) is 2.17. The van der Waals surface area contributed by atoms with Crippen molar-refractivity contribution in [1.29, 1.82) is 0 Å². The van der Waals surface area contributed by atoms with Crippen LogP contribution in [0, 0.1) is 0 Å². The van der Waals surface area contributed by atoms with Gasteiger partial charge in [0.25, 0.3) is 0 Å². The van der Waals surface area contributed by atoms with Crippen molar-refractivity contribution in [2.75, 3.05) is 0 Å². The van der Waals surface area contributed by atoms with Gasteiger partial charge in [-0.05, 0) is 0 Å². The van der Waals surface area contributed by atoms with E-state index in [1.807, 2.05) is 7.05 Å². The Balaban J connectivity index is 2.85. The van der Waals surface area contributed by atoms with Gasteiger partial charge in [0, 0.05) is 13.0 Å². The molecule has 0 aliphatic rings. The smallest absolute Gasteiger partial charge is 0.153 e. The lowest BCUT2D eigenvalue weighted by Gasteiger charge is -1.93. The quantitative estimate of drug-likeness (QED) is 0.559. The molecule has 3 heteroatoms. The van der Waals surface area contributed by atoms with Crippen molar-refractivity contribution in [2.45, 2.75) is 19.8 Å². The molecule has 3 nitrogen and oxygen atoms in total. The Morgan fingerprint density at radius 1 is 1.56 bits per heavy atom. The first-order chi connectivity index (χ1) is 4.20. The van der Waals surface area contributed by atoms with Crippen LogP contribution in [-0.4, -0.2) is 14.8 Å². The molecule has 1 aromatic rings. The molecule has 0 spiro atoms. The van der Waals surface area contributed by atoms with Gasteiger partial charge in [-0.3, -0.25) is 4.68 Å². The highest BCUT2D eigenvalue weighted by Crippen LogP contribution is 2.05. The van der Waals surface area contributed by atoms with Gasteiger partial charge in [0.15, 0.2) is 5.82 Å². The number of hydrogen-bond donors (Lipinski definition) is 0. The summed E-state index contributed by atoms with van der Waals surface area (Å²) < 4.78 is 1.72. The lowest BCUT2D eigenvalue weighted by atomic mass is 10.2. The maximum atomic E-state index is 4.12. The lowest BCUT2D eigenvalue weighted by molar-refractivity contribution is 0.709. The normalized spacial score (nSPS) is 10.7. The highest BCUT2D eigenvalue weighted by molar-refractivity contribution is 4.87. The van der Waals surface area contributed by atoms with Crippen molar-refractivity contribution in [2.24, 2.45) is 7.05 Å². The van der Waals surface area contributed by atoms with Crippen molar-refractivity contribution in [3.8, 4) is 0 Å². The predicted octanol–water partition coefficient (Wildman–Crippen LogP) is 0.939. The predicted molar refractivity (Wildman–Crippen MR) is 35.1 cm³/mol. The molecule has 0 aliphatic heterocycles. The SMILES string of the molecule is CC(C)c1ncn(C)n1. The Hall–Kier alpha value is -0.860. The van der Waals surface area contributed by atoms with Gasteiger partial charge in [-0.1, -0.05) is 13.8 Å². The van der Waals surface area contributed by atoms with E-state index >= 15 is 0 Å². The highest BCUT2D eigenvalue weighted by Gasteiger charge is 2.01. The van der Waals surface area contributed by atoms with E-state index < -0.39 is 0 Å². The maximum absolute atomic E-state index is 4.12. The Kier molecular flexibility index (Phi) is 1.51. The van der Waals surface area contributed by atoms with Crippen LogP contribution in [0.2, 0.25) is 0 Å². The second-order valence-electron chi connectivity index (χ2n) is 2.43. The van der Waals surface area contributed by atoms with Crippen molar-refractivity contribution in [3.63, 3.8) is 0 Å². The third-order valence-corrected chi connectivity index (χ3v) is 1.13. The van der Waals surface area contributed by atoms with Gasteiger partial charge < -0.3 is 0 Å². The molecule has 0 unspecified atom stereocenters. The molecule has 0 aliphatic carbocycles. The average Bonchev–Trinajstić information content (AvgIpc) is 2.14. The number of aromatic nitrogens is 3. The van der Waals surface area contributed by atoms with E-state index in [1.54, 1.807) is 11.0 Å². The molecule has 0 fully saturated rings. The van der Waals surface area contributed by atoms with Crippen LogP contribution in [0.4, 0.5) is 0 Å². The summed E-state index contributed by atoms with van der Waals surface area (Å²) in [4.78, 5) is 4.07. The first-order valence-corrected chi connectivity index (χ1v) is 3.05. The number of rotatable bonds is 1. The molecule has 0 saturated carbocycles. The molecule has 9 heavy (non-hydrogen) atoms. The van der Waals surface area contributed by atoms with Gasteiger partial charge in [-0.2, -0.15) is 5.10 Å². The maximum Gasteiger partial charge on any atom is 0.153 e. The summed E-state index contributed by atoms with van der Waals surface area (Å²) in [6, 6.07) is 0. The molecule has 0 radical (unpaired) electrons. The van der Waals surface area contributed by atoms with Gasteiger partial charge in [-0.25, -0.2) is 4.98 Å².